The smallest absolute Gasteiger partial charge is 0.356 e. The molecule has 10 heteroatoms. The average Bonchev–Trinajstić information content (AvgIpc) is 1.25. The number of halogens is 1. The third-order valence-corrected chi connectivity index (χ3v) is 0. The summed E-state index contributed by atoms with van der Waals surface area (Å²) >= 11 is 0. The quantitative estimate of drug-likeness (QED) is 0.343. The van der Waals surface area contributed by atoms with Gasteiger partial charge in [0.1, 0.15) is 0 Å². The van der Waals surface area contributed by atoms with E-state index in [0.29, 0.717) is 0 Å². The number of nitrogens with zero attached hydrogens (tertiary/aromatic N) is 2. The zero-order valence-electron chi connectivity index (χ0n) is 4.07. The van der Waals surface area contributed by atoms with Crippen LogP contribution in [0.15, 0.2) is 0 Å². The van der Waals surface area contributed by atoms with Gasteiger partial charge in [0.25, 0.3) is 0 Å². The monoisotopic (exact) mass is 266 g/mol. The van der Waals surface area contributed by atoms with Gasteiger partial charge in [0.2, 0.25) is 0 Å². The minimum absolute atomic E-state index is 0. The summed E-state index contributed by atoms with van der Waals surface area (Å²) in [4.78, 5) is 16.5. The molecule has 0 bridgehead atoms. The second kappa shape index (κ2) is 15.8. The largest absolute Gasteiger partial charge is 2.00 e. The molecule has 0 aliphatic rings. The molecule has 0 aromatic rings. The Labute approximate surface area is 74.1 Å². The standard InChI is InChI=1S/ClH.2NO3.Pd/c;2*2-1(3)4;/h1H;;;/q;2*-1;+2. The fourth-order valence-corrected chi connectivity index (χ4v) is 0. The molecule has 0 N–H and O–H groups in total. The van der Waals surface area contributed by atoms with Gasteiger partial charge in [0.15, 0.2) is 0 Å². The number of hydrogen-bond donors (Lipinski definition) is 0. The molecule has 0 spiro atoms. The Kier molecular flexibility index (Phi) is 35.9. The van der Waals surface area contributed by atoms with E-state index in [0.717, 1.165) is 0 Å². The Hall–Kier alpha value is -0.648. The van der Waals surface area contributed by atoms with Crippen LogP contribution in [0.25, 0.3) is 0 Å². The second-order valence-electron chi connectivity index (χ2n) is 0.447. The first kappa shape index (κ1) is 22.8. The van der Waals surface area contributed by atoms with Crippen LogP contribution in [-0.4, -0.2) is 10.2 Å². The van der Waals surface area contributed by atoms with E-state index < -0.39 is 10.2 Å². The van der Waals surface area contributed by atoms with Crippen molar-refractivity contribution in [3.05, 3.63) is 30.6 Å². The zero-order valence-corrected chi connectivity index (χ0v) is 6.44. The molecule has 0 fully saturated rings. The molecule has 0 aliphatic carbocycles. The Balaban J connectivity index is -0.0000000300. The van der Waals surface area contributed by atoms with Crippen molar-refractivity contribution in [2.45, 2.75) is 0 Å². The fraction of sp³-hybridized carbons (Fsp3) is 0. The van der Waals surface area contributed by atoms with Crippen molar-refractivity contribution in [1.29, 1.82) is 0 Å². The van der Waals surface area contributed by atoms with E-state index in [9.17, 15) is 0 Å². The van der Waals surface area contributed by atoms with E-state index in [1.54, 1.807) is 0 Å². The van der Waals surface area contributed by atoms with Crippen molar-refractivity contribution in [3.8, 4) is 0 Å². The zero-order chi connectivity index (χ0) is 7.15. The molecular weight excluding hydrogens is 266 g/mol. The van der Waals surface area contributed by atoms with Crippen molar-refractivity contribution in [2.24, 2.45) is 0 Å². The van der Waals surface area contributed by atoms with Crippen molar-refractivity contribution in [2.75, 3.05) is 0 Å². The molecule has 0 amide bonds. The predicted molar refractivity (Wildman–Crippen MR) is 28.0 cm³/mol. The average molecular weight is 267 g/mol. The van der Waals surface area contributed by atoms with E-state index in [4.69, 9.17) is 30.6 Å². The molecule has 0 unspecified atom stereocenters. The summed E-state index contributed by atoms with van der Waals surface area (Å²) in [5, 5.41) is 29.5. The minimum atomic E-state index is -1.75. The predicted octanol–water partition coefficient (Wildman–Crippen LogP) is -0.0589. The van der Waals surface area contributed by atoms with E-state index in [1.807, 2.05) is 0 Å². The number of hydrogen-bond acceptors (Lipinski definition) is 6. The van der Waals surface area contributed by atoms with E-state index in [1.165, 1.54) is 0 Å². The minimum Gasteiger partial charge on any atom is -0.356 e. The van der Waals surface area contributed by atoms with Crippen LogP contribution in [0.5, 0.6) is 0 Å². The van der Waals surface area contributed by atoms with Crippen LogP contribution in [0.1, 0.15) is 0 Å². The molecule has 0 aliphatic heterocycles. The Bertz CT molecular complexity index is 73.7. The fourth-order valence-electron chi connectivity index (χ4n) is 0. The number of rotatable bonds is 0. The summed E-state index contributed by atoms with van der Waals surface area (Å²) in [6.45, 7) is 0. The van der Waals surface area contributed by atoms with Gasteiger partial charge in [-0.3, -0.25) is 0 Å². The third-order valence-electron chi connectivity index (χ3n) is 0. The van der Waals surface area contributed by atoms with Crippen molar-refractivity contribution in [1.82, 2.24) is 0 Å². The molecule has 0 saturated carbocycles. The summed E-state index contributed by atoms with van der Waals surface area (Å²) in [5.74, 6) is 0. The van der Waals surface area contributed by atoms with Gasteiger partial charge in [-0.1, -0.05) is 0 Å². The molecular formula is HClN2O6Pd. The van der Waals surface area contributed by atoms with Crippen LogP contribution in [0.3, 0.4) is 0 Å². The Morgan fingerprint density at radius 2 is 0.800 bits per heavy atom. The normalized spacial score (nSPS) is 4.80. The Morgan fingerprint density at radius 1 is 0.800 bits per heavy atom. The first-order valence-corrected chi connectivity index (χ1v) is 1.10. The summed E-state index contributed by atoms with van der Waals surface area (Å²) in [7, 11) is 0. The maximum atomic E-state index is 8.25. The molecule has 64 valence electrons. The van der Waals surface area contributed by atoms with Crippen molar-refractivity contribution in [3.63, 3.8) is 0 Å². The van der Waals surface area contributed by atoms with Crippen LogP contribution in [0.4, 0.5) is 0 Å². The first-order valence-electron chi connectivity index (χ1n) is 1.10. The summed E-state index contributed by atoms with van der Waals surface area (Å²) in [5.41, 5.74) is 0. The first-order chi connectivity index (χ1) is 3.46. The van der Waals surface area contributed by atoms with E-state index >= 15 is 0 Å². The Morgan fingerprint density at radius 3 is 0.800 bits per heavy atom. The third kappa shape index (κ3) is 707. The van der Waals surface area contributed by atoms with Gasteiger partial charge in [-0.15, -0.1) is 12.4 Å². The summed E-state index contributed by atoms with van der Waals surface area (Å²) < 4.78 is 0. The van der Waals surface area contributed by atoms with Gasteiger partial charge in [-0.2, -0.15) is 0 Å². The van der Waals surface area contributed by atoms with Gasteiger partial charge in [0.05, 0.1) is 10.2 Å². The van der Waals surface area contributed by atoms with Crippen LogP contribution in [0, 0.1) is 30.6 Å². The van der Waals surface area contributed by atoms with Crippen LogP contribution < -0.4 is 0 Å². The molecule has 0 rings (SSSR count). The second-order valence-corrected chi connectivity index (χ2v) is 0.447. The summed E-state index contributed by atoms with van der Waals surface area (Å²) in [6, 6.07) is 0. The maximum Gasteiger partial charge on any atom is 2.00 e. The summed E-state index contributed by atoms with van der Waals surface area (Å²) in [6.07, 6.45) is 0. The van der Waals surface area contributed by atoms with Crippen molar-refractivity contribution >= 4 is 12.4 Å². The topological polar surface area (TPSA) is 132 Å². The molecule has 0 radical (unpaired) electrons. The van der Waals surface area contributed by atoms with Gasteiger partial charge in [-0.25, -0.2) is 0 Å². The molecule has 0 aromatic heterocycles. The van der Waals surface area contributed by atoms with Crippen LogP contribution >= 0.6 is 12.4 Å². The maximum absolute atomic E-state index is 8.25. The molecule has 8 nitrogen and oxygen atoms in total. The van der Waals surface area contributed by atoms with Crippen LogP contribution in [0.2, 0.25) is 0 Å². The molecule has 0 aromatic carbocycles. The molecule has 0 saturated heterocycles. The SMILES string of the molecule is Cl.O=[N+]([O-])[O-].O=[N+]([O-])[O-].[Pd+2]. The van der Waals surface area contributed by atoms with Gasteiger partial charge >= 0.3 is 20.4 Å². The van der Waals surface area contributed by atoms with E-state index in [-0.39, 0.29) is 32.8 Å². The van der Waals surface area contributed by atoms with Crippen LogP contribution in [-0.2, 0) is 20.4 Å². The van der Waals surface area contributed by atoms with Crippen molar-refractivity contribution < 1.29 is 30.6 Å². The van der Waals surface area contributed by atoms with Gasteiger partial charge < -0.3 is 30.6 Å². The molecule has 10 heavy (non-hydrogen) atoms. The molecule has 0 atom stereocenters. The van der Waals surface area contributed by atoms with Gasteiger partial charge in [-0.05, 0) is 0 Å². The van der Waals surface area contributed by atoms with Gasteiger partial charge in [0, 0.05) is 0 Å². The molecule has 0 heterocycles. The van der Waals surface area contributed by atoms with E-state index in [2.05, 4.69) is 0 Å².